The Labute approximate surface area is 471 Å². The summed E-state index contributed by atoms with van der Waals surface area (Å²) in [5.41, 5.74) is 21.8. The number of allylic oxidation sites excluding steroid dienone is 1. The lowest BCUT2D eigenvalue weighted by molar-refractivity contribution is -0.538. The normalized spacial score (nSPS) is 13.7. The minimum atomic E-state index is -0.0688. The highest BCUT2D eigenvalue weighted by molar-refractivity contribution is 6.11. The molecule has 8 aromatic rings. The number of amides is 2. The van der Waals surface area contributed by atoms with Gasteiger partial charge >= 0.3 is 0 Å². The van der Waals surface area contributed by atoms with Crippen molar-refractivity contribution in [2.75, 3.05) is 61.1 Å². The maximum Gasteiger partial charge on any atom is 0.251 e. The molecule has 408 valence electrons. The molecule has 0 fully saturated rings. The standard InChI is InChI=1S/C68H74N10O2/c1-45-37-59-63(41-55(45)69-5)77(53-21-13-11-14-22-53)65-43-57(47(3)39-61(65)75-59)71-33-17-7-9-19-35-73-67(79)51-29-25-49(26-30-51)50-27-31-52(32-28-50)68(80)74-36-20-10-8-18-34-72-58-44-66-62(40-48(58)4)76-60-38-46(2)56(70-6)42-64(60)78(66)54-23-15-12-16-24-54/h11-16,21-32,37-44,65,69,71H,7-10,17-20,33-36H2,1-6H3,(H3,70,72,73,74,79,80)/p+1. The number of aryl methyl sites for hydroxylation is 3. The van der Waals surface area contributed by atoms with Crippen LogP contribution in [0.15, 0.2) is 174 Å². The van der Waals surface area contributed by atoms with Gasteiger partial charge in [-0.1, -0.05) is 86.3 Å². The molecule has 2 amide bonds. The number of aromatic nitrogens is 2. The number of benzene rings is 7. The molecule has 10 rings (SSSR count). The highest BCUT2D eigenvalue weighted by atomic mass is 16.2. The van der Waals surface area contributed by atoms with Gasteiger partial charge in [0.05, 0.1) is 23.1 Å². The molecule has 0 saturated heterocycles. The number of hydrogen-bond acceptors (Lipinski definition) is 9. The first-order chi connectivity index (χ1) is 39.1. The molecule has 0 saturated carbocycles. The zero-order chi connectivity index (χ0) is 55.5. The third kappa shape index (κ3) is 12.4. The van der Waals surface area contributed by atoms with Crippen LogP contribution in [0, 0.1) is 20.8 Å². The Hall–Kier alpha value is -8.77. The molecule has 1 atom stereocenters. The van der Waals surface area contributed by atoms with Crippen LogP contribution in [-0.4, -0.2) is 68.8 Å². The van der Waals surface area contributed by atoms with Crippen LogP contribution >= 0.6 is 0 Å². The molecule has 0 radical (unpaired) electrons. The summed E-state index contributed by atoms with van der Waals surface area (Å²) in [5.74, 6) is -0.136. The van der Waals surface area contributed by atoms with Gasteiger partial charge in [-0.15, -0.1) is 4.57 Å². The van der Waals surface area contributed by atoms with E-state index in [0.29, 0.717) is 24.2 Å². The van der Waals surface area contributed by atoms with Gasteiger partial charge in [0.15, 0.2) is 0 Å². The van der Waals surface area contributed by atoms with Gasteiger partial charge in [0.25, 0.3) is 11.8 Å². The van der Waals surface area contributed by atoms with E-state index in [-0.39, 0.29) is 17.9 Å². The van der Waals surface area contributed by atoms with Gasteiger partial charge in [0.2, 0.25) is 16.7 Å². The molecule has 7 aromatic carbocycles. The van der Waals surface area contributed by atoms with Crippen LogP contribution in [0.2, 0.25) is 0 Å². The van der Waals surface area contributed by atoms with E-state index in [1.807, 2.05) is 68.7 Å². The van der Waals surface area contributed by atoms with Crippen molar-refractivity contribution in [2.45, 2.75) is 85.1 Å². The van der Waals surface area contributed by atoms with Crippen LogP contribution in [-0.2, 0) is 0 Å². The Bertz CT molecular complexity index is 3610. The van der Waals surface area contributed by atoms with Gasteiger partial charge in [0.1, 0.15) is 11.0 Å². The molecule has 12 heteroatoms. The number of rotatable bonds is 23. The Morgan fingerprint density at radius 2 is 1.04 bits per heavy atom. The first kappa shape index (κ1) is 54.6. The van der Waals surface area contributed by atoms with E-state index in [2.05, 4.69) is 172 Å². The number of fused-ring (bicyclic) bond motifs is 4. The SMILES string of the molecule is CNc1cc2c(cc1C)N=C1C=C(C)C(NCCCCCCNC(=O)c3ccc(-c4ccc(C(=O)NCCCCCCNc5cc6c(cc5C)nc5cc(C)c(NC)cc5[n+]6-c5ccccc5)cc4)cc3)=CC1N2c1ccccc1. The van der Waals surface area contributed by atoms with E-state index >= 15 is 0 Å². The second kappa shape index (κ2) is 25.4. The zero-order valence-corrected chi connectivity index (χ0v) is 47.2. The average Bonchev–Trinajstić information content (AvgIpc) is 3.49. The number of para-hydroxylation sites is 2. The van der Waals surface area contributed by atoms with Gasteiger partial charge < -0.3 is 36.8 Å². The zero-order valence-electron chi connectivity index (χ0n) is 47.2. The summed E-state index contributed by atoms with van der Waals surface area (Å²) in [5, 5.41) is 20.3. The van der Waals surface area contributed by atoms with E-state index < -0.39 is 0 Å². The Morgan fingerprint density at radius 3 is 1.61 bits per heavy atom. The second-order valence-corrected chi connectivity index (χ2v) is 21.2. The maximum absolute atomic E-state index is 13.1. The molecule has 0 spiro atoms. The van der Waals surface area contributed by atoms with Crippen molar-refractivity contribution in [3.8, 4) is 16.8 Å². The van der Waals surface area contributed by atoms with Crippen LogP contribution < -0.4 is 41.4 Å². The molecule has 1 aliphatic heterocycles. The number of carbonyl (C=O) groups is 2. The van der Waals surface area contributed by atoms with E-state index in [4.69, 9.17) is 9.98 Å². The van der Waals surface area contributed by atoms with E-state index in [1.54, 1.807) is 0 Å². The molecular formula is C68H75N10O2+. The minimum absolute atomic E-state index is 0.0230. The highest BCUT2D eigenvalue weighted by Gasteiger charge is 2.33. The Balaban J connectivity index is 0.616. The van der Waals surface area contributed by atoms with Crippen molar-refractivity contribution < 1.29 is 14.2 Å². The fourth-order valence-electron chi connectivity index (χ4n) is 11.0. The molecule has 2 aliphatic rings. The van der Waals surface area contributed by atoms with E-state index in [9.17, 15) is 9.59 Å². The Morgan fingerprint density at radius 1 is 0.537 bits per heavy atom. The summed E-state index contributed by atoms with van der Waals surface area (Å²) < 4.78 is 2.31. The average molecular weight is 1060 g/mol. The van der Waals surface area contributed by atoms with Crippen LogP contribution in [0.4, 0.5) is 34.1 Å². The van der Waals surface area contributed by atoms with Crippen molar-refractivity contribution in [1.82, 2.24) is 20.9 Å². The predicted octanol–water partition coefficient (Wildman–Crippen LogP) is 13.8. The molecule has 0 bridgehead atoms. The first-order valence-corrected chi connectivity index (χ1v) is 28.5. The van der Waals surface area contributed by atoms with Crippen molar-refractivity contribution >= 4 is 73.7 Å². The third-order valence-electron chi connectivity index (χ3n) is 15.5. The summed E-state index contributed by atoms with van der Waals surface area (Å²) >= 11 is 0. The van der Waals surface area contributed by atoms with Gasteiger partial charge in [-0.05, 0) is 160 Å². The van der Waals surface area contributed by atoms with E-state index in [1.165, 1.54) is 11.1 Å². The largest absolute Gasteiger partial charge is 0.388 e. The first-order valence-electron chi connectivity index (χ1n) is 28.5. The molecule has 1 unspecified atom stereocenters. The van der Waals surface area contributed by atoms with Gasteiger partial charge in [-0.25, -0.2) is 9.98 Å². The van der Waals surface area contributed by atoms with Gasteiger partial charge in [-0.2, -0.15) is 0 Å². The summed E-state index contributed by atoms with van der Waals surface area (Å²) in [6, 6.07) is 49.5. The number of unbranched alkanes of at least 4 members (excludes halogenated alkanes) is 6. The molecule has 80 heavy (non-hydrogen) atoms. The molecular weight excluding hydrogens is 989 g/mol. The lowest BCUT2D eigenvalue weighted by atomic mass is 9.93. The summed E-state index contributed by atoms with van der Waals surface area (Å²) in [7, 11) is 3.92. The summed E-state index contributed by atoms with van der Waals surface area (Å²) in [6.45, 7) is 11.5. The number of aliphatic imine (C=N–C) groups is 1. The number of carbonyl (C=O) groups excluding carboxylic acids is 2. The lowest BCUT2D eigenvalue weighted by Crippen LogP contribution is -2.41. The van der Waals surface area contributed by atoms with Crippen LogP contribution in [0.1, 0.15) is 95.7 Å². The van der Waals surface area contributed by atoms with E-state index in [0.717, 1.165) is 160 Å². The quantitative estimate of drug-likeness (QED) is 0.0212. The van der Waals surface area contributed by atoms with Crippen molar-refractivity contribution in [1.29, 1.82) is 0 Å². The number of nitrogens with zero attached hydrogens (tertiary/aromatic N) is 4. The van der Waals surface area contributed by atoms with Crippen LogP contribution in [0.25, 0.3) is 38.9 Å². The fraction of sp³-hybridized carbons (Fsp3) is 0.279. The van der Waals surface area contributed by atoms with Crippen molar-refractivity contribution in [3.63, 3.8) is 0 Å². The lowest BCUT2D eigenvalue weighted by Gasteiger charge is -2.39. The number of anilines is 5. The maximum atomic E-state index is 13.1. The monoisotopic (exact) mass is 1060 g/mol. The van der Waals surface area contributed by atoms with Crippen molar-refractivity contribution in [2.24, 2.45) is 4.99 Å². The topological polar surface area (TPSA) is 139 Å². The molecule has 2 heterocycles. The number of hydrogen-bond donors (Lipinski definition) is 6. The molecule has 1 aromatic heterocycles. The molecule has 12 nitrogen and oxygen atoms in total. The van der Waals surface area contributed by atoms with Crippen LogP contribution in [0.5, 0.6) is 0 Å². The summed E-state index contributed by atoms with van der Waals surface area (Å²) in [6.07, 6.45) is 12.6. The predicted molar refractivity (Wildman–Crippen MR) is 332 cm³/mol. The second-order valence-electron chi connectivity index (χ2n) is 21.2. The van der Waals surface area contributed by atoms with Crippen molar-refractivity contribution in [3.05, 3.63) is 197 Å². The third-order valence-corrected chi connectivity index (χ3v) is 15.5. The minimum Gasteiger partial charge on any atom is -0.388 e. The van der Waals surface area contributed by atoms with Crippen LogP contribution in [0.3, 0.4) is 0 Å². The fourth-order valence-corrected chi connectivity index (χ4v) is 11.0. The Kier molecular flexibility index (Phi) is 17.3. The summed E-state index contributed by atoms with van der Waals surface area (Å²) in [4.78, 5) is 38.8. The highest BCUT2D eigenvalue weighted by Crippen LogP contribution is 2.44. The molecule has 1 aliphatic carbocycles. The molecule has 6 N–H and O–H groups in total. The van der Waals surface area contributed by atoms with Gasteiger partial charge in [0, 0.05) is 104 Å². The number of nitrogens with one attached hydrogen (secondary N) is 6. The smallest absolute Gasteiger partial charge is 0.251 e. The van der Waals surface area contributed by atoms with Gasteiger partial charge in [-0.3, -0.25) is 9.59 Å².